The first kappa shape index (κ1) is 30.5. The highest BCUT2D eigenvalue weighted by atomic mass is 19.4. The number of carbonyl (C=O) groups is 2. The number of nitrogens with zero attached hydrogens (tertiary/aromatic N) is 4. The Labute approximate surface area is 232 Å². The number of halogens is 6. The van der Waals surface area contributed by atoms with Crippen LogP contribution in [0.15, 0.2) is 12.1 Å². The van der Waals surface area contributed by atoms with Crippen LogP contribution in [0.2, 0.25) is 0 Å². The van der Waals surface area contributed by atoms with Crippen molar-refractivity contribution in [2.24, 2.45) is 0 Å². The van der Waals surface area contributed by atoms with Gasteiger partial charge in [0, 0.05) is 44.7 Å². The van der Waals surface area contributed by atoms with Crippen LogP contribution in [0.3, 0.4) is 0 Å². The summed E-state index contributed by atoms with van der Waals surface area (Å²) in [6.45, 7) is 5.69. The van der Waals surface area contributed by atoms with Gasteiger partial charge in [-0.2, -0.15) is 13.2 Å². The van der Waals surface area contributed by atoms with Crippen LogP contribution in [-0.2, 0) is 40.0 Å². The SMILES string of the molecule is CC(C)(C)OC(=O)NC(CC(=O)N1CCn2c(C(F)(F)F)nc(N3CCOCC3)c2C1)Cc1cc(F)c(F)cc1F. The van der Waals surface area contributed by atoms with Crippen LogP contribution in [0.5, 0.6) is 0 Å². The number of aromatic nitrogens is 2. The standard InChI is InChI=1S/C26H31F6N5O4/c1-25(2,3)41-24(39)33-16(10-15-11-18(28)19(29)13-17(15)27)12-21(38)36-4-5-37-20(14-36)22(34-23(37)26(30,31)32)35-6-8-40-9-7-35/h11,13,16H,4-10,12,14H2,1-3H3,(H,33,39). The fourth-order valence-electron chi connectivity index (χ4n) is 4.78. The molecule has 1 atom stereocenters. The van der Waals surface area contributed by atoms with Crippen molar-refractivity contribution in [2.45, 2.75) is 64.5 Å². The van der Waals surface area contributed by atoms with Crippen molar-refractivity contribution >= 4 is 17.8 Å². The molecule has 0 spiro atoms. The second kappa shape index (κ2) is 11.8. The number of fused-ring (bicyclic) bond motifs is 1. The molecule has 15 heteroatoms. The number of amides is 2. The van der Waals surface area contributed by atoms with Gasteiger partial charge in [0.25, 0.3) is 0 Å². The Morgan fingerprint density at radius 2 is 1.68 bits per heavy atom. The number of alkyl halides is 3. The molecule has 1 unspecified atom stereocenters. The Hall–Kier alpha value is -3.49. The Bertz CT molecular complexity index is 1290. The van der Waals surface area contributed by atoms with Gasteiger partial charge in [0.05, 0.1) is 25.5 Å². The quantitative estimate of drug-likeness (QED) is 0.404. The van der Waals surface area contributed by atoms with Crippen molar-refractivity contribution in [3.8, 4) is 0 Å². The van der Waals surface area contributed by atoms with Crippen molar-refractivity contribution in [3.05, 3.63) is 46.7 Å². The molecule has 0 saturated carbocycles. The maximum Gasteiger partial charge on any atom is 0.449 e. The van der Waals surface area contributed by atoms with Gasteiger partial charge in [0.1, 0.15) is 11.4 Å². The monoisotopic (exact) mass is 591 g/mol. The average Bonchev–Trinajstić information content (AvgIpc) is 3.26. The summed E-state index contributed by atoms with van der Waals surface area (Å²) in [6, 6.07) is -0.0900. The number of hydrogen-bond donors (Lipinski definition) is 1. The van der Waals surface area contributed by atoms with Crippen LogP contribution in [0.1, 0.15) is 44.3 Å². The topological polar surface area (TPSA) is 88.9 Å². The van der Waals surface area contributed by atoms with E-state index < -0.39 is 59.5 Å². The molecule has 1 fully saturated rings. The van der Waals surface area contributed by atoms with Crippen molar-refractivity contribution < 1.29 is 45.4 Å². The maximum atomic E-state index is 14.4. The lowest BCUT2D eigenvalue weighted by atomic mass is 10.0. The zero-order chi connectivity index (χ0) is 30.1. The van der Waals surface area contributed by atoms with Crippen LogP contribution in [0.25, 0.3) is 0 Å². The summed E-state index contributed by atoms with van der Waals surface area (Å²) in [5.41, 5.74) is -0.968. The molecule has 1 aromatic carbocycles. The molecule has 2 aromatic rings. The maximum absolute atomic E-state index is 14.4. The average molecular weight is 592 g/mol. The Morgan fingerprint density at radius 1 is 1.02 bits per heavy atom. The van der Waals surface area contributed by atoms with E-state index in [1.165, 1.54) is 4.90 Å². The highest BCUT2D eigenvalue weighted by molar-refractivity contribution is 5.78. The highest BCUT2D eigenvalue weighted by Gasteiger charge is 2.42. The summed E-state index contributed by atoms with van der Waals surface area (Å²) in [4.78, 5) is 32.8. The van der Waals surface area contributed by atoms with Crippen molar-refractivity contribution in [3.63, 3.8) is 0 Å². The van der Waals surface area contributed by atoms with E-state index in [0.29, 0.717) is 38.4 Å². The highest BCUT2D eigenvalue weighted by Crippen LogP contribution is 2.36. The smallest absolute Gasteiger partial charge is 0.444 e. The van der Waals surface area contributed by atoms with Gasteiger partial charge in [-0.3, -0.25) is 4.79 Å². The van der Waals surface area contributed by atoms with E-state index in [0.717, 1.165) is 4.57 Å². The van der Waals surface area contributed by atoms with E-state index in [-0.39, 0.29) is 43.1 Å². The summed E-state index contributed by atoms with van der Waals surface area (Å²) in [5, 5.41) is 2.48. The molecular formula is C26H31F6N5O4. The number of hydrogen-bond acceptors (Lipinski definition) is 6. The van der Waals surface area contributed by atoms with Crippen LogP contribution in [0.4, 0.5) is 37.0 Å². The van der Waals surface area contributed by atoms with Gasteiger partial charge in [-0.05, 0) is 38.8 Å². The summed E-state index contributed by atoms with van der Waals surface area (Å²) < 4.78 is 94.6. The minimum Gasteiger partial charge on any atom is -0.444 e. The fraction of sp³-hybridized carbons (Fsp3) is 0.577. The Kier molecular flexibility index (Phi) is 8.76. The number of morpholine rings is 1. The predicted octanol–water partition coefficient (Wildman–Crippen LogP) is 4.02. The Balaban J connectivity index is 1.56. The lowest BCUT2D eigenvalue weighted by Crippen LogP contribution is -2.46. The van der Waals surface area contributed by atoms with E-state index >= 15 is 0 Å². The van der Waals surface area contributed by atoms with Crippen LogP contribution < -0.4 is 10.2 Å². The van der Waals surface area contributed by atoms with Crippen molar-refractivity contribution in [1.29, 1.82) is 0 Å². The second-order valence-corrected chi connectivity index (χ2v) is 10.9. The molecular weight excluding hydrogens is 560 g/mol. The molecule has 1 saturated heterocycles. The summed E-state index contributed by atoms with van der Waals surface area (Å²) in [5.74, 6) is -5.25. The van der Waals surface area contributed by atoms with Crippen LogP contribution in [-0.4, -0.2) is 70.9 Å². The van der Waals surface area contributed by atoms with Gasteiger partial charge >= 0.3 is 12.3 Å². The van der Waals surface area contributed by atoms with Crippen LogP contribution >= 0.6 is 0 Å². The summed E-state index contributed by atoms with van der Waals surface area (Å²) in [6.07, 6.45) is -6.41. The second-order valence-electron chi connectivity index (χ2n) is 10.9. The zero-order valence-corrected chi connectivity index (χ0v) is 22.8. The number of rotatable bonds is 6. The molecule has 2 amide bonds. The van der Waals surface area contributed by atoms with Gasteiger partial charge in [-0.15, -0.1) is 0 Å². The minimum absolute atomic E-state index is 0.0769. The Morgan fingerprint density at radius 3 is 2.32 bits per heavy atom. The molecule has 2 aliphatic rings. The molecule has 0 aliphatic carbocycles. The minimum atomic E-state index is -4.71. The molecule has 226 valence electrons. The third kappa shape index (κ3) is 7.43. The first-order valence-corrected chi connectivity index (χ1v) is 13.0. The number of alkyl carbamates (subject to hydrolysis) is 1. The number of nitrogens with one attached hydrogen (secondary N) is 1. The molecule has 0 radical (unpaired) electrons. The number of carbonyl (C=O) groups excluding carboxylic acids is 2. The molecule has 4 rings (SSSR count). The number of imidazole rings is 1. The summed E-state index contributed by atoms with van der Waals surface area (Å²) in [7, 11) is 0. The third-order valence-corrected chi connectivity index (χ3v) is 6.60. The number of benzene rings is 1. The van der Waals surface area contributed by atoms with Gasteiger partial charge in [-0.25, -0.2) is 22.9 Å². The van der Waals surface area contributed by atoms with E-state index in [4.69, 9.17) is 9.47 Å². The van der Waals surface area contributed by atoms with Gasteiger partial charge in [0.15, 0.2) is 17.5 Å². The lowest BCUT2D eigenvalue weighted by molar-refractivity contribution is -0.148. The van der Waals surface area contributed by atoms with Crippen molar-refractivity contribution in [1.82, 2.24) is 19.8 Å². The molecule has 2 aliphatic heterocycles. The first-order valence-electron chi connectivity index (χ1n) is 13.0. The molecule has 1 N–H and O–H groups in total. The van der Waals surface area contributed by atoms with E-state index in [9.17, 15) is 35.9 Å². The zero-order valence-electron chi connectivity index (χ0n) is 22.8. The molecule has 41 heavy (non-hydrogen) atoms. The van der Waals surface area contributed by atoms with E-state index in [1.807, 2.05) is 0 Å². The van der Waals surface area contributed by atoms with Crippen LogP contribution in [0, 0.1) is 17.5 Å². The predicted molar refractivity (Wildman–Crippen MR) is 133 cm³/mol. The van der Waals surface area contributed by atoms with Gasteiger partial charge < -0.3 is 29.2 Å². The number of anilines is 1. The molecule has 3 heterocycles. The van der Waals surface area contributed by atoms with Gasteiger partial charge in [-0.1, -0.05) is 0 Å². The molecule has 0 bridgehead atoms. The lowest BCUT2D eigenvalue weighted by Gasteiger charge is -2.33. The van der Waals surface area contributed by atoms with Crippen molar-refractivity contribution in [2.75, 3.05) is 37.7 Å². The van der Waals surface area contributed by atoms with E-state index in [1.54, 1.807) is 25.7 Å². The molecule has 1 aromatic heterocycles. The first-order chi connectivity index (χ1) is 19.1. The third-order valence-electron chi connectivity index (χ3n) is 6.60. The summed E-state index contributed by atoms with van der Waals surface area (Å²) >= 11 is 0. The fourth-order valence-corrected chi connectivity index (χ4v) is 4.78. The van der Waals surface area contributed by atoms with E-state index in [2.05, 4.69) is 10.3 Å². The molecule has 9 nitrogen and oxygen atoms in total. The normalized spacial score (nSPS) is 16.8. The largest absolute Gasteiger partial charge is 0.449 e. The van der Waals surface area contributed by atoms with Gasteiger partial charge in [0.2, 0.25) is 11.7 Å². The number of ether oxygens (including phenoxy) is 2.